The van der Waals surface area contributed by atoms with E-state index >= 15 is 0 Å². The summed E-state index contributed by atoms with van der Waals surface area (Å²) in [5.74, 6) is -2.81. The van der Waals surface area contributed by atoms with Crippen LogP contribution in [0.2, 0.25) is 0 Å². The molecule has 3 atom stereocenters. The molecule has 0 aromatic heterocycles. The Labute approximate surface area is 165 Å². The Balaban J connectivity index is 4.84. The van der Waals surface area contributed by atoms with Crippen molar-refractivity contribution in [3.8, 4) is 0 Å². The fourth-order valence-electron chi connectivity index (χ4n) is 2.36. The van der Waals surface area contributed by atoms with Gasteiger partial charge in [-0.25, -0.2) is 4.79 Å². The van der Waals surface area contributed by atoms with Crippen LogP contribution < -0.4 is 33.2 Å². The first-order valence-corrected chi connectivity index (χ1v) is 9.48. The Bertz CT molecular complexity index is 514. The van der Waals surface area contributed by atoms with Gasteiger partial charge >= 0.3 is 5.97 Å². The average Bonchev–Trinajstić information content (AvgIpc) is 2.64. The third-order valence-electron chi connectivity index (χ3n) is 4.00. The van der Waals surface area contributed by atoms with Crippen LogP contribution in [0.4, 0.5) is 0 Å². The zero-order chi connectivity index (χ0) is 21.5. The van der Waals surface area contributed by atoms with Gasteiger partial charge in [-0.05, 0) is 58.5 Å². The van der Waals surface area contributed by atoms with Crippen molar-refractivity contribution in [2.75, 3.05) is 19.6 Å². The number of carbonyl (C=O) groups excluding carboxylic acids is 3. The maximum atomic E-state index is 12.5. The lowest BCUT2D eigenvalue weighted by Crippen LogP contribution is -2.53. The number of hydrogen-bond donors (Lipinski definition) is 7. The van der Waals surface area contributed by atoms with Crippen molar-refractivity contribution in [1.82, 2.24) is 16.0 Å². The average molecular weight is 402 g/mol. The molecule has 0 saturated carbocycles. The van der Waals surface area contributed by atoms with E-state index in [-0.39, 0.29) is 13.0 Å². The Hall–Kier alpha value is -2.24. The summed E-state index contributed by atoms with van der Waals surface area (Å²) in [4.78, 5) is 47.4. The first kappa shape index (κ1) is 25.8. The predicted molar refractivity (Wildman–Crippen MR) is 104 cm³/mol. The molecule has 162 valence electrons. The number of nitrogens with one attached hydrogen (secondary N) is 3. The van der Waals surface area contributed by atoms with Gasteiger partial charge in [-0.1, -0.05) is 0 Å². The van der Waals surface area contributed by atoms with Gasteiger partial charge in [-0.15, -0.1) is 0 Å². The van der Waals surface area contributed by atoms with E-state index in [1.54, 1.807) is 0 Å². The monoisotopic (exact) mass is 402 g/mol. The topological polar surface area (TPSA) is 203 Å². The molecule has 3 amide bonds. The van der Waals surface area contributed by atoms with E-state index in [1.165, 1.54) is 6.92 Å². The lowest BCUT2D eigenvalue weighted by Gasteiger charge is -2.22. The van der Waals surface area contributed by atoms with Crippen molar-refractivity contribution in [2.45, 2.75) is 63.6 Å². The molecule has 11 nitrogen and oxygen atoms in total. The van der Waals surface area contributed by atoms with Gasteiger partial charge in [0.2, 0.25) is 17.7 Å². The van der Waals surface area contributed by atoms with E-state index < -0.39 is 41.8 Å². The van der Waals surface area contributed by atoms with Crippen LogP contribution in [0, 0.1) is 0 Å². The molecule has 0 heterocycles. The number of nitrogens with two attached hydrogens (primary N) is 3. The quantitative estimate of drug-likeness (QED) is 0.149. The third kappa shape index (κ3) is 11.5. The summed E-state index contributed by atoms with van der Waals surface area (Å²) in [6.45, 7) is 2.02. The molecule has 3 unspecified atom stereocenters. The molecule has 0 aromatic rings. The van der Waals surface area contributed by atoms with Crippen LogP contribution in [0.15, 0.2) is 0 Å². The summed E-state index contributed by atoms with van der Waals surface area (Å²) in [5, 5.41) is 16.6. The second-order valence-electron chi connectivity index (χ2n) is 6.59. The molecule has 0 aromatic carbocycles. The number of amides is 3. The normalized spacial score (nSPS) is 13.9. The summed E-state index contributed by atoms with van der Waals surface area (Å²) in [5.41, 5.74) is 16.3. The summed E-state index contributed by atoms with van der Waals surface area (Å²) >= 11 is 0. The summed E-state index contributed by atoms with van der Waals surface area (Å²) < 4.78 is 0. The molecule has 10 N–H and O–H groups in total. The van der Waals surface area contributed by atoms with E-state index in [4.69, 9.17) is 17.2 Å². The molecule has 0 saturated heterocycles. The number of carboxylic acids is 1. The highest BCUT2D eigenvalue weighted by Gasteiger charge is 2.26. The molecular weight excluding hydrogens is 368 g/mol. The van der Waals surface area contributed by atoms with Crippen molar-refractivity contribution in [3.63, 3.8) is 0 Å². The second-order valence-corrected chi connectivity index (χ2v) is 6.59. The van der Waals surface area contributed by atoms with Crippen LogP contribution in [0.1, 0.15) is 45.4 Å². The SMILES string of the molecule is CC(N)C(=O)NCC(=O)NC(CCCCN)C(=O)NC(CCCCN)C(=O)O. The van der Waals surface area contributed by atoms with Crippen molar-refractivity contribution in [1.29, 1.82) is 0 Å². The zero-order valence-corrected chi connectivity index (χ0v) is 16.4. The second kappa shape index (κ2) is 14.8. The van der Waals surface area contributed by atoms with E-state index in [0.29, 0.717) is 45.2 Å². The van der Waals surface area contributed by atoms with Gasteiger partial charge < -0.3 is 38.3 Å². The number of unbranched alkanes of at least 4 members (excludes halogenated alkanes) is 2. The molecule has 0 aliphatic heterocycles. The van der Waals surface area contributed by atoms with Gasteiger partial charge in [0.1, 0.15) is 12.1 Å². The molecule has 0 aliphatic carbocycles. The van der Waals surface area contributed by atoms with Gasteiger partial charge in [0, 0.05) is 0 Å². The van der Waals surface area contributed by atoms with Crippen molar-refractivity contribution in [3.05, 3.63) is 0 Å². The van der Waals surface area contributed by atoms with Gasteiger partial charge in [0.25, 0.3) is 0 Å². The zero-order valence-electron chi connectivity index (χ0n) is 16.4. The molecule has 0 radical (unpaired) electrons. The smallest absolute Gasteiger partial charge is 0.326 e. The maximum Gasteiger partial charge on any atom is 0.326 e. The van der Waals surface area contributed by atoms with Crippen LogP contribution in [-0.2, 0) is 19.2 Å². The number of carboxylic acid groups (broad SMARTS) is 1. The van der Waals surface area contributed by atoms with E-state index in [0.717, 1.165) is 0 Å². The highest BCUT2D eigenvalue weighted by atomic mass is 16.4. The number of hydrogen-bond acceptors (Lipinski definition) is 7. The fraction of sp³-hybridized carbons (Fsp3) is 0.765. The Morgan fingerprint density at radius 1 is 0.857 bits per heavy atom. The summed E-state index contributed by atoms with van der Waals surface area (Å²) in [7, 11) is 0. The van der Waals surface area contributed by atoms with E-state index in [1.807, 2.05) is 0 Å². The molecule has 0 aliphatic rings. The number of rotatable bonds is 15. The van der Waals surface area contributed by atoms with Crippen molar-refractivity contribution < 1.29 is 24.3 Å². The summed E-state index contributed by atoms with van der Waals surface area (Å²) in [6, 6.07) is -2.75. The van der Waals surface area contributed by atoms with Gasteiger partial charge in [0.05, 0.1) is 12.6 Å². The summed E-state index contributed by atoms with van der Waals surface area (Å²) in [6.07, 6.45) is 2.97. The highest BCUT2D eigenvalue weighted by molar-refractivity contribution is 5.92. The molecular formula is C17H34N6O5. The number of carbonyl (C=O) groups is 4. The standard InChI is InChI=1S/C17H34N6O5/c1-11(20)15(25)21-10-14(24)22-12(6-2-4-8-18)16(26)23-13(17(27)28)7-3-5-9-19/h11-13H,2-10,18-20H2,1H3,(H,21,25)(H,22,24)(H,23,26)(H,27,28). The van der Waals surface area contributed by atoms with Crippen LogP contribution >= 0.6 is 0 Å². The minimum atomic E-state index is -1.15. The van der Waals surface area contributed by atoms with Gasteiger partial charge in [-0.3, -0.25) is 14.4 Å². The van der Waals surface area contributed by atoms with E-state index in [9.17, 15) is 24.3 Å². The first-order valence-electron chi connectivity index (χ1n) is 9.48. The highest BCUT2D eigenvalue weighted by Crippen LogP contribution is 2.05. The number of aliphatic carboxylic acids is 1. The largest absolute Gasteiger partial charge is 0.480 e. The van der Waals surface area contributed by atoms with E-state index in [2.05, 4.69) is 16.0 Å². The molecule has 0 rings (SSSR count). The van der Waals surface area contributed by atoms with Gasteiger partial charge in [0.15, 0.2) is 0 Å². The Kier molecular flexibility index (Phi) is 13.6. The predicted octanol–water partition coefficient (Wildman–Crippen LogP) is -2.24. The molecule has 28 heavy (non-hydrogen) atoms. The van der Waals surface area contributed by atoms with Gasteiger partial charge in [-0.2, -0.15) is 0 Å². The first-order chi connectivity index (χ1) is 13.2. The Morgan fingerprint density at radius 2 is 1.39 bits per heavy atom. The maximum absolute atomic E-state index is 12.5. The molecule has 0 bridgehead atoms. The van der Waals surface area contributed by atoms with Crippen molar-refractivity contribution in [2.24, 2.45) is 17.2 Å². The Morgan fingerprint density at radius 3 is 1.86 bits per heavy atom. The third-order valence-corrected chi connectivity index (χ3v) is 4.00. The van der Waals surface area contributed by atoms with Crippen LogP contribution in [0.3, 0.4) is 0 Å². The van der Waals surface area contributed by atoms with Crippen LogP contribution in [-0.4, -0.2) is 66.6 Å². The minimum absolute atomic E-state index is 0.242. The fourth-order valence-corrected chi connectivity index (χ4v) is 2.36. The lowest BCUT2D eigenvalue weighted by molar-refractivity contribution is -0.142. The minimum Gasteiger partial charge on any atom is -0.480 e. The molecule has 0 fully saturated rings. The van der Waals surface area contributed by atoms with Crippen LogP contribution in [0.25, 0.3) is 0 Å². The van der Waals surface area contributed by atoms with Crippen molar-refractivity contribution >= 4 is 23.7 Å². The van der Waals surface area contributed by atoms with Crippen LogP contribution in [0.5, 0.6) is 0 Å². The lowest BCUT2D eigenvalue weighted by atomic mass is 10.1. The molecule has 11 heteroatoms. The molecule has 0 spiro atoms.